The molecular formula is C24H35N5OS. The summed E-state index contributed by atoms with van der Waals surface area (Å²) in [5.74, 6) is 2.79. The van der Waals surface area contributed by atoms with Crippen LogP contribution in [0.3, 0.4) is 0 Å². The summed E-state index contributed by atoms with van der Waals surface area (Å²) in [6, 6.07) is 4.11. The first kappa shape index (κ1) is 23.7. The van der Waals surface area contributed by atoms with Gasteiger partial charge in [0.25, 0.3) is 0 Å². The number of fused-ring (bicyclic) bond motifs is 1. The van der Waals surface area contributed by atoms with Crippen molar-refractivity contribution in [2.75, 3.05) is 44.9 Å². The maximum absolute atomic E-state index is 12.6. The molecule has 0 spiro atoms. The van der Waals surface area contributed by atoms with Gasteiger partial charge in [-0.05, 0) is 50.9 Å². The largest absolute Gasteiger partial charge is 0.352 e. The van der Waals surface area contributed by atoms with Crippen molar-refractivity contribution in [2.24, 2.45) is 5.41 Å². The van der Waals surface area contributed by atoms with Crippen LogP contribution < -0.4 is 4.90 Å². The van der Waals surface area contributed by atoms with Gasteiger partial charge in [0.1, 0.15) is 11.5 Å². The number of rotatable bonds is 9. The van der Waals surface area contributed by atoms with Crippen LogP contribution in [-0.2, 0) is 17.6 Å². The number of nitrogens with zero attached hydrogens (tertiary/aromatic N) is 5. The Kier molecular flexibility index (Phi) is 7.70. The highest BCUT2D eigenvalue weighted by Crippen LogP contribution is 2.31. The second kappa shape index (κ2) is 10.1. The van der Waals surface area contributed by atoms with Gasteiger partial charge in [-0.15, -0.1) is 11.8 Å². The molecule has 0 unspecified atom stereocenters. The van der Waals surface area contributed by atoms with E-state index in [4.69, 9.17) is 9.97 Å². The molecule has 0 aliphatic heterocycles. The molecule has 0 saturated carbocycles. The van der Waals surface area contributed by atoms with Gasteiger partial charge in [-0.1, -0.05) is 20.8 Å². The van der Waals surface area contributed by atoms with Gasteiger partial charge < -0.3 is 9.80 Å². The van der Waals surface area contributed by atoms with E-state index >= 15 is 0 Å². The molecule has 1 aliphatic rings. The molecule has 2 heterocycles. The number of likely N-dealkylation sites (N-methyl/N-ethyl adjacent to an activating group) is 1. The van der Waals surface area contributed by atoms with Crippen LogP contribution in [0.4, 0.5) is 5.82 Å². The van der Waals surface area contributed by atoms with Crippen molar-refractivity contribution >= 4 is 23.4 Å². The molecule has 3 rings (SSSR count). The van der Waals surface area contributed by atoms with Crippen molar-refractivity contribution in [3.8, 4) is 11.5 Å². The fourth-order valence-electron chi connectivity index (χ4n) is 3.80. The van der Waals surface area contributed by atoms with Crippen molar-refractivity contribution in [3.05, 3.63) is 29.6 Å². The third-order valence-corrected chi connectivity index (χ3v) is 6.16. The number of thioether (sulfide) groups is 1. The molecule has 0 amide bonds. The highest BCUT2D eigenvalue weighted by atomic mass is 32.2. The Morgan fingerprint density at radius 2 is 1.94 bits per heavy atom. The molecule has 0 aromatic carbocycles. The van der Waals surface area contributed by atoms with Crippen molar-refractivity contribution in [1.29, 1.82) is 0 Å². The molecule has 0 saturated heterocycles. The fourth-order valence-corrected chi connectivity index (χ4v) is 4.84. The van der Waals surface area contributed by atoms with Gasteiger partial charge in [0.15, 0.2) is 11.6 Å². The average molecular weight is 442 g/mol. The smallest absolute Gasteiger partial charge is 0.180 e. The molecule has 0 atom stereocenters. The Morgan fingerprint density at radius 1 is 1.16 bits per heavy atom. The van der Waals surface area contributed by atoms with Crippen molar-refractivity contribution in [1.82, 2.24) is 19.9 Å². The molecule has 2 aromatic heterocycles. The highest BCUT2D eigenvalue weighted by Gasteiger charge is 2.24. The molecule has 1 aliphatic carbocycles. The summed E-state index contributed by atoms with van der Waals surface area (Å²) in [5.41, 5.74) is 3.07. The van der Waals surface area contributed by atoms with Gasteiger partial charge in [-0.2, -0.15) is 0 Å². The summed E-state index contributed by atoms with van der Waals surface area (Å²) >= 11 is 1.81. The van der Waals surface area contributed by atoms with Gasteiger partial charge in [-0.3, -0.25) is 9.78 Å². The number of carbonyl (C=O) groups is 1. The topological polar surface area (TPSA) is 62.2 Å². The summed E-state index contributed by atoms with van der Waals surface area (Å²) in [7, 11) is 6.13. The zero-order valence-corrected chi connectivity index (χ0v) is 20.6. The van der Waals surface area contributed by atoms with Gasteiger partial charge in [0.2, 0.25) is 0 Å². The molecule has 0 bridgehead atoms. The minimum Gasteiger partial charge on any atom is -0.352 e. The Morgan fingerprint density at radius 3 is 2.65 bits per heavy atom. The second-order valence-electron chi connectivity index (χ2n) is 9.81. The molecule has 31 heavy (non-hydrogen) atoms. The average Bonchev–Trinajstić information content (AvgIpc) is 3.14. The molecule has 0 radical (unpaired) electrons. The zero-order chi connectivity index (χ0) is 22.6. The van der Waals surface area contributed by atoms with E-state index in [0.717, 1.165) is 48.8 Å². The zero-order valence-electron chi connectivity index (χ0n) is 19.7. The first-order valence-electron chi connectivity index (χ1n) is 11.0. The third-order valence-electron chi connectivity index (χ3n) is 5.18. The monoisotopic (exact) mass is 441 g/mol. The van der Waals surface area contributed by atoms with Crippen LogP contribution in [0.2, 0.25) is 0 Å². The van der Waals surface area contributed by atoms with E-state index in [-0.39, 0.29) is 11.2 Å². The number of aryl methyl sites for hydroxylation is 1. The minimum atomic E-state index is -0.00862. The molecule has 6 nitrogen and oxygen atoms in total. The van der Waals surface area contributed by atoms with E-state index in [1.807, 2.05) is 36.0 Å². The van der Waals surface area contributed by atoms with Crippen LogP contribution in [0.5, 0.6) is 0 Å². The van der Waals surface area contributed by atoms with Crippen LogP contribution in [-0.4, -0.2) is 65.6 Å². The van der Waals surface area contributed by atoms with Crippen molar-refractivity contribution in [2.45, 2.75) is 51.3 Å². The Hall–Kier alpha value is -1.99. The molecule has 7 heteroatoms. The van der Waals surface area contributed by atoms with E-state index in [1.165, 1.54) is 10.5 Å². The Bertz CT molecular complexity index is 923. The van der Waals surface area contributed by atoms with Crippen LogP contribution in [0, 0.1) is 5.41 Å². The Balaban J connectivity index is 1.84. The lowest BCUT2D eigenvalue weighted by Gasteiger charge is -2.23. The maximum atomic E-state index is 12.6. The predicted molar refractivity (Wildman–Crippen MR) is 129 cm³/mol. The van der Waals surface area contributed by atoms with Crippen LogP contribution in [0.25, 0.3) is 11.5 Å². The van der Waals surface area contributed by atoms with Crippen LogP contribution in [0.15, 0.2) is 23.2 Å². The molecule has 168 valence electrons. The fraction of sp³-hybridized carbons (Fsp3) is 0.583. The summed E-state index contributed by atoms with van der Waals surface area (Å²) in [6.45, 7) is 7.69. The number of carbonyl (C=O) groups excluding carboxylic acids is 1. The first-order chi connectivity index (χ1) is 14.6. The van der Waals surface area contributed by atoms with Gasteiger partial charge >= 0.3 is 0 Å². The number of ketones is 1. The number of hydrogen-bond acceptors (Lipinski definition) is 7. The number of anilines is 1. The van der Waals surface area contributed by atoms with Gasteiger partial charge in [0.05, 0.1) is 6.54 Å². The van der Waals surface area contributed by atoms with E-state index in [1.54, 1.807) is 0 Å². The summed E-state index contributed by atoms with van der Waals surface area (Å²) in [4.78, 5) is 32.2. The molecule has 2 aromatic rings. The first-order valence-corrected chi connectivity index (χ1v) is 12.0. The summed E-state index contributed by atoms with van der Waals surface area (Å²) < 4.78 is 0. The van der Waals surface area contributed by atoms with Crippen molar-refractivity contribution in [3.63, 3.8) is 0 Å². The molecular weight excluding hydrogens is 406 g/mol. The van der Waals surface area contributed by atoms with Gasteiger partial charge in [-0.25, -0.2) is 9.97 Å². The highest BCUT2D eigenvalue weighted by molar-refractivity contribution is 7.99. The lowest BCUT2D eigenvalue weighted by molar-refractivity contribution is -0.119. The van der Waals surface area contributed by atoms with Gasteiger partial charge in [0, 0.05) is 48.1 Å². The number of Topliss-reactive ketones (excluding diaryl/α,β-unsaturated/α-hetero) is 1. The van der Waals surface area contributed by atoms with Crippen LogP contribution >= 0.6 is 11.8 Å². The lowest BCUT2D eigenvalue weighted by Crippen LogP contribution is -2.30. The van der Waals surface area contributed by atoms with Crippen LogP contribution in [0.1, 0.15) is 44.9 Å². The summed E-state index contributed by atoms with van der Waals surface area (Å²) in [5, 5.41) is 0. The quantitative estimate of drug-likeness (QED) is 0.542. The Labute approximate surface area is 190 Å². The predicted octanol–water partition coefficient (Wildman–Crippen LogP) is 4.12. The number of pyridine rings is 1. The standard InChI is InChI=1S/C24H35N5OS/c1-24(2,3)15-17(30)16-29(6)23-19-8-7-9-20(19)26-22(27-23)21-14-18(10-11-25-21)31-13-12-28(4)5/h10-11,14H,7-9,12-13,15-16H2,1-6H3. The minimum absolute atomic E-state index is 0.00862. The van der Waals surface area contributed by atoms with E-state index in [0.29, 0.717) is 18.8 Å². The maximum Gasteiger partial charge on any atom is 0.180 e. The van der Waals surface area contributed by atoms with E-state index in [9.17, 15) is 4.79 Å². The number of hydrogen-bond donors (Lipinski definition) is 0. The van der Waals surface area contributed by atoms with E-state index < -0.39 is 0 Å². The van der Waals surface area contributed by atoms with Crippen molar-refractivity contribution < 1.29 is 4.79 Å². The SMILES string of the molecule is CN(C)CCSc1ccnc(-c2nc3c(c(N(C)CC(=O)CC(C)(C)C)n2)CCC3)c1. The third kappa shape index (κ3) is 6.74. The molecule has 0 N–H and O–H groups in total. The summed E-state index contributed by atoms with van der Waals surface area (Å²) in [6.07, 6.45) is 5.40. The second-order valence-corrected chi connectivity index (χ2v) is 11.0. The molecule has 0 fully saturated rings. The number of aromatic nitrogens is 3. The normalized spacial score (nSPS) is 13.5. The lowest BCUT2D eigenvalue weighted by atomic mass is 9.90. The van der Waals surface area contributed by atoms with E-state index in [2.05, 4.69) is 50.8 Å².